The van der Waals surface area contributed by atoms with Crippen LogP contribution in [0.3, 0.4) is 0 Å². The van der Waals surface area contributed by atoms with Crippen LogP contribution in [0.1, 0.15) is 42.0 Å². The third kappa shape index (κ3) is 3.53. The van der Waals surface area contributed by atoms with Crippen LogP contribution >= 0.6 is 15.9 Å². The van der Waals surface area contributed by atoms with Gasteiger partial charge in [-0.2, -0.15) is 5.10 Å². The number of nitrogens with zero attached hydrogens (tertiary/aromatic N) is 1. The van der Waals surface area contributed by atoms with Crippen molar-refractivity contribution in [2.75, 3.05) is 0 Å². The van der Waals surface area contributed by atoms with Crippen molar-refractivity contribution >= 4 is 21.7 Å². The van der Waals surface area contributed by atoms with Crippen molar-refractivity contribution in [1.29, 1.82) is 0 Å². The molecular formula is C15H17BrN2O. The number of carbonyl (C=O) groups excluding carboxylic acids is 1. The highest BCUT2D eigenvalue weighted by atomic mass is 79.9. The van der Waals surface area contributed by atoms with E-state index in [1.807, 2.05) is 32.0 Å². The van der Waals surface area contributed by atoms with Crippen molar-refractivity contribution in [3.8, 4) is 0 Å². The fourth-order valence-corrected chi connectivity index (χ4v) is 2.33. The number of Topliss-reactive ketones (excluding diaryl/α,β-unsaturated/α-hetero) is 1. The van der Waals surface area contributed by atoms with Gasteiger partial charge in [-0.15, -0.1) is 0 Å². The molecule has 1 aromatic carbocycles. The van der Waals surface area contributed by atoms with E-state index in [1.165, 1.54) is 5.56 Å². The highest BCUT2D eigenvalue weighted by Crippen LogP contribution is 2.16. The summed E-state index contributed by atoms with van der Waals surface area (Å²) in [7, 11) is 0. The molecule has 2 rings (SSSR count). The topological polar surface area (TPSA) is 45.8 Å². The molecule has 0 spiro atoms. The molecule has 19 heavy (non-hydrogen) atoms. The van der Waals surface area contributed by atoms with Crippen molar-refractivity contribution in [2.45, 2.75) is 26.7 Å². The molecule has 3 nitrogen and oxygen atoms in total. The van der Waals surface area contributed by atoms with Crippen LogP contribution in [-0.2, 0) is 6.42 Å². The minimum atomic E-state index is 0.0296. The molecule has 2 aromatic rings. The summed E-state index contributed by atoms with van der Waals surface area (Å²) in [6.45, 7) is 3.95. The zero-order valence-corrected chi connectivity index (χ0v) is 12.7. The van der Waals surface area contributed by atoms with E-state index in [0.29, 0.717) is 5.69 Å². The van der Waals surface area contributed by atoms with Crippen LogP contribution in [0, 0.1) is 5.92 Å². The van der Waals surface area contributed by atoms with Gasteiger partial charge in [-0.25, -0.2) is 0 Å². The van der Waals surface area contributed by atoms with Crippen LogP contribution in [0.5, 0.6) is 0 Å². The lowest BCUT2D eigenvalue weighted by atomic mass is 10.0. The Bertz CT molecular complexity index is 577. The minimum absolute atomic E-state index is 0.0296. The number of aromatic amines is 1. The molecule has 1 atom stereocenters. The molecule has 0 saturated heterocycles. The number of ketones is 1. The fraction of sp³-hybridized carbons (Fsp3) is 0.333. The first-order valence-corrected chi connectivity index (χ1v) is 7.22. The molecule has 0 amide bonds. The largest absolute Gasteiger partial charge is 0.292 e. The summed E-state index contributed by atoms with van der Waals surface area (Å²) in [5, 5.41) is 7.06. The Morgan fingerprint density at radius 3 is 2.89 bits per heavy atom. The zero-order chi connectivity index (χ0) is 13.8. The highest BCUT2D eigenvalue weighted by Gasteiger charge is 2.16. The van der Waals surface area contributed by atoms with Crippen LogP contribution in [-0.4, -0.2) is 16.0 Å². The Morgan fingerprint density at radius 2 is 2.21 bits per heavy atom. The van der Waals surface area contributed by atoms with E-state index in [2.05, 4.69) is 38.3 Å². The SMILES string of the molecule is CCC(C)C(=O)c1cc(Cc2cccc(Br)c2)[nH]n1. The van der Waals surface area contributed by atoms with Gasteiger partial charge in [0.15, 0.2) is 5.78 Å². The van der Waals surface area contributed by atoms with E-state index in [4.69, 9.17) is 0 Å². The maximum absolute atomic E-state index is 12.0. The van der Waals surface area contributed by atoms with Gasteiger partial charge in [0.1, 0.15) is 5.69 Å². The smallest absolute Gasteiger partial charge is 0.185 e. The molecular weight excluding hydrogens is 304 g/mol. The number of halogens is 1. The van der Waals surface area contributed by atoms with Gasteiger partial charge in [0.25, 0.3) is 0 Å². The number of H-pyrrole nitrogens is 1. The van der Waals surface area contributed by atoms with E-state index >= 15 is 0 Å². The molecule has 1 heterocycles. The third-order valence-electron chi connectivity index (χ3n) is 3.23. The molecule has 0 radical (unpaired) electrons. The van der Waals surface area contributed by atoms with Gasteiger partial charge in [-0.05, 0) is 30.2 Å². The van der Waals surface area contributed by atoms with Crippen molar-refractivity contribution in [1.82, 2.24) is 10.2 Å². The van der Waals surface area contributed by atoms with E-state index < -0.39 is 0 Å². The number of benzene rings is 1. The lowest BCUT2D eigenvalue weighted by Crippen LogP contribution is -2.10. The first-order valence-electron chi connectivity index (χ1n) is 6.43. The summed E-state index contributed by atoms with van der Waals surface area (Å²) in [5.41, 5.74) is 2.68. The fourth-order valence-electron chi connectivity index (χ4n) is 1.88. The molecule has 0 bridgehead atoms. The predicted molar refractivity (Wildman–Crippen MR) is 79.3 cm³/mol. The van der Waals surface area contributed by atoms with Gasteiger partial charge in [0, 0.05) is 22.5 Å². The highest BCUT2D eigenvalue weighted by molar-refractivity contribution is 9.10. The molecule has 0 aliphatic rings. The third-order valence-corrected chi connectivity index (χ3v) is 3.72. The molecule has 0 aliphatic carbocycles. The van der Waals surface area contributed by atoms with Crippen molar-refractivity contribution in [3.63, 3.8) is 0 Å². The first kappa shape index (κ1) is 14.0. The molecule has 0 fully saturated rings. The summed E-state index contributed by atoms with van der Waals surface area (Å²) in [4.78, 5) is 12.0. The van der Waals surface area contributed by atoms with Crippen LogP contribution in [0.25, 0.3) is 0 Å². The summed E-state index contributed by atoms with van der Waals surface area (Å²) in [5.74, 6) is 0.140. The van der Waals surface area contributed by atoms with Crippen molar-refractivity contribution in [3.05, 3.63) is 51.8 Å². The maximum atomic E-state index is 12.0. The molecule has 1 aromatic heterocycles. The average molecular weight is 321 g/mol. The Balaban J connectivity index is 2.11. The Kier molecular flexibility index (Phi) is 4.53. The molecule has 0 aliphatic heterocycles. The second kappa shape index (κ2) is 6.15. The van der Waals surface area contributed by atoms with Gasteiger partial charge in [-0.1, -0.05) is 41.9 Å². The number of nitrogens with one attached hydrogen (secondary N) is 1. The molecule has 1 N–H and O–H groups in total. The van der Waals surface area contributed by atoms with Gasteiger partial charge < -0.3 is 0 Å². The van der Waals surface area contributed by atoms with E-state index in [-0.39, 0.29) is 11.7 Å². The average Bonchev–Trinajstić information content (AvgIpc) is 2.85. The van der Waals surface area contributed by atoms with Crippen LogP contribution in [0.15, 0.2) is 34.8 Å². The summed E-state index contributed by atoms with van der Waals surface area (Å²) >= 11 is 3.45. The normalized spacial score (nSPS) is 12.4. The second-order valence-corrected chi connectivity index (χ2v) is 5.67. The predicted octanol–water partition coefficient (Wildman–Crippen LogP) is 3.99. The molecule has 1 unspecified atom stereocenters. The van der Waals surface area contributed by atoms with E-state index in [1.54, 1.807) is 0 Å². The first-order chi connectivity index (χ1) is 9.10. The molecule has 4 heteroatoms. The Labute approximate surface area is 121 Å². The van der Waals surface area contributed by atoms with Gasteiger partial charge >= 0.3 is 0 Å². The monoisotopic (exact) mass is 320 g/mol. The number of rotatable bonds is 5. The maximum Gasteiger partial charge on any atom is 0.185 e. The number of hydrogen-bond acceptors (Lipinski definition) is 2. The van der Waals surface area contributed by atoms with Crippen molar-refractivity contribution < 1.29 is 4.79 Å². The van der Waals surface area contributed by atoms with Crippen LogP contribution in [0.4, 0.5) is 0 Å². The summed E-state index contributed by atoms with van der Waals surface area (Å²) < 4.78 is 1.06. The number of carbonyl (C=O) groups is 1. The van der Waals surface area contributed by atoms with Crippen LogP contribution in [0.2, 0.25) is 0 Å². The van der Waals surface area contributed by atoms with E-state index in [9.17, 15) is 4.79 Å². The van der Waals surface area contributed by atoms with Crippen LogP contribution < -0.4 is 0 Å². The van der Waals surface area contributed by atoms with Gasteiger partial charge in [0.2, 0.25) is 0 Å². The Hall–Kier alpha value is -1.42. The summed E-state index contributed by atoms with van der Waals surface area (Å²) in [6.07, 6.45) is 1.59. The number of aromatic nitrogens is 2. The lowest BCUT2D eigenvalue weighted by Gasteiger charge is -2.02. The Morgan fingerprint density at radius 1 is 1.42 bits per heavy atom. The molecule has 0 saturated carbocycles. The lowest BCUT2D eigenvalue weighted by molar-refractivity contribution is 0.0922. The quantitative estimate of drug-likeness (QED) is 0.846. The molecule has 100 valence electrons. The second-order valence-electron chi connectivity index (χ2n) is 4.76. The standard InChI is InChI=1S/C15H17BrN2O/c1-3-10(2)15(19)14-9-13(17-18-14)8-11-5-4-6-12(16)7-11/h4-7,9-10H,3,8H2,1-2H3,(H,17,18). The van der Waals surface area contributed by atoms with E-state index in [0.717, 1.165) is 23.0 Å². The van der Waals surface area contributed by atoms with Gasteiger partial charge in [-0.3, -0.25) is 9.89 Å². The summed E-state index contributed by atoms with van der Waals surface area (Å²) in [6, 6.07) is 9.98. The van der Waals surface area contributed by atoms with Crippen molar-refractivity contribution in [2.24, 2.45) is 5.92 Å². The minimum Gasteiger partial charge on any atom is -0.292 e. The number of hydrogen-bond donors (Lipinski definition) is 1. The van der Waals surface area contributed by atoms with Gasteiger partial charge in [0.05, 0.1) is 0 Å². The zero-order valence-electron chi connectivity index (χ0n) is 11.1.